The molecule has 156 valence electrons. The van der Waals surface area contributed by atoms with Crippen LogP contribution < -0.4 is 10.6 Å². The fraction of sp³-hybridized carbons (Fsp3) is 0.526. The van der Waals surface area contributed by atoms with Gasteiger partial charge in [-0.15, -0.1) is 24.0 Å². The van der Waals surface area contributed by atoms with Crippen molar-refractivity contribution in [2.45, 2.75) is 51.4 Å². The highest BCUT2D eigenvalue weighted by Gasteiger charge is 2.41. The third-order valence-electron chi connectivity index (χ3n) is 5.17. The van der Waals surface area contributed by atoms with E-state index in [2.05, 4.69) is 15.6 Å². The number of nitrogens with zero attached hydrogens (tertiary/aromatic N) is 1. The first kappa shape index (κ1) is 22.8. The van der Waals surface area contributed by atoms with E-state index >= 15 is 0 Å². The fourth-order valence-electron chi connectivity index (χ4n) is 3.53. The zero-order chi connectivity index (χ0) is 19.6. The predicted octanol–water partition coefficient (Wildman–Crippen LogP) is 5.28. The summed E-state index contributed by atoms with van der Waals surface area (Å²) in [7, 11) is 1.61. The van der Waals surface area contributed by atoms with Gasteiger partial charge in [-0.1, -0.05) is 0 Å². The van der Waals surface area contributed by atoms with Crippen LogP contribution in [0.3, 0.4) is 0 Å². The Hall–Kier alpha value is -1.52. The summed E-state index contributed by atoms with van der Waals surface area (Å²) in [6.45, 7) is 2.20. The van der Waals surface area contributed by atoms with Crippen LogP contribution >= 0.6 is 24.0 Å². The Morgan fingerprint density at radius 2 is 1.89 bits per heavy atom. The van der Waals surface area contributed by atoms with Crippen molar-refractivity contribution in [2.24, 2.45) is 10.9 Å². The normalized spacial score (nSPS) is 20.7. The SMILES string of the molecule is CN=C(NCc1oc2ccc(F)cc2c1C)NC1CCC(C(F)(F)F)CC1.I. The number of nitrogens with one attached hydrogen (secondary N) is 2. The van der Waals surface area contributed by atoms with Gasteiger partial charge in [0.25, 0.3) is 0 Å². The van der Waals surface area contributed by atoms with Gasteiger partial charge in [0.2, 0.25) is 0 Å². The predicted molar refractivity (Wildman–Crippen MR) is 111 cm³/mol. The average Bonchev–Trinajstić information content (AvgIpc) is 2.94. The summed E-state index contributed by atoms with van der Waals surface area (Å²) in [5.41, 5.74) is 1.46. The Balaban J connectivity index is 0.00000280. The lowest BCUT2D eigenvalue weighted by Crippen LogP contribution is -2.45. The van der Waals surface area contributed by atoms with Crippen LogP contribution in [0.25, 0.3) is 11.0 Å². The van der Waals surface area contributed by atoms with Crippen LogP contribution in [0.2, 0.25) is 0 Å². The molecular formula is C19H24F4IN3O. The summed E-state index contributed by atoms with van der Waals surface area (Å²) < 4.78 is 57.5. The van der Waals surface area contributed by atoms with E-state index < -0.39 is 12.1 Å². The summed E-state index contributed by atoms with van der Waals surface area (Å²) in [5.74, 6) is -0.349. The minimum atomic E-state index is -4.11. The van der Waals surface area contributed by atoms with Gasteiger partial charge in [-0.25, -0.2) is 4.39 Å². The van der Waals surface area contributed by atoms with Crippen LogP contribution in [0, 0.1) is 18.7 Å². The van der Waals surface area contributed by atoms with Crippen molar-refractivity contribution >= 4 is 40.9 Å². The molecule has 1 aliphatic carbocycles. The van der Waals surface area contributed by atoms with Gasteiger partial charge in [-0.3, -0.25) is 4.99 Å². The molecule has 0 bridgehead atoms. The van der Waals surface area contributed by atoms with E-state index in [9.17, 15) is 17.6 Å². The highest BCUT2D eigenvalue weighted by atomic mass is 127. The highest BCUT2D eigenvalue weighted by molar-refractivity contribution is 14.0. The molecule has 0 unspecified atom stereocenters. The Morgan fingerprint density at radius 1 is 1.21 bits per heavy atom. The van der Waals surface area contributed by atoms with E-state index in [1.807, 2.05) is 6.92 Å². The smallest absolute Gasteiger partial charge is 0.391 e. The van der Waals surface area contributed by atoms with Crippen LogP contribution in [0.1, 0.15) is 37.0 Å². The molecule has 28 heavy (non-hydrogen) atoms. The number of aryl methyl sites for hydroxylation is 1. The van der Waals surface area contributed by atoms with Crippen molar-refractivity contribution in [2.75, 3.05) is 7.05 Å². The maximum Gasteiger partial charge on any atom is 0.391 e. The molecule has 9 heteroatoms. The number of halogens is 5. The maximum atomic E-state index is 13.4. The molecule has 1 aromatic carbocycles. The number of fused-ring (bicyclic) bond motifs is 1. The number of rotatable bonds is 3. The van der Waals surface area contributed by atoms with E-state index in [1.54, 1.807) is 13.1 Å². The molecule has 0 radical (unpaired) electrons. The van der Waals surface area contributed by atoms with E-state index in [0.29, 0.717) is 36.7 Å². The number of alkyl halides is 3. The number of benzene rings is 1. The topological polar surface area (TPSA) is 49.6 Å². The Bertz CT molecular complexity index is 826. The molecule has 1 heterocycles. The Labute approximate surface area is 178 Å². The monoisotopic (exact) mass is 513 g/mol. The molecule has 1 fully saturated rings. The third kappa shape index (κ3) is 5.30. The first-order chi connectivity index (χ1) is 12.8. The van der Waals surface area contributed by atoms with Gasteiger partial charge < -0.3 is 15.1 Å². The summed E-state index contributed by atoms with van der Waals surface area (Å²) in [5, 5.41) is 7.02. The van der Waals surface area contributed by atoms with Gasteiger partial charge >= 0.3 is 6.18 Å². The van der Waals surface area contributed by atoms with E-state index in [1.165, 1.54) is 12.1 Å². The average molecular weight is 513 g/mol. The van der Waals surface area contributed by atoms with E-state index in [0.717, 1.165) is 10.9 Å². The molecule has 3 rings (SSSR count). The van der Waals surface area contributed by atoms with Crippen LogP contribution in [0.5, 0.6) is 0 Å². The summed E-state index contributed by atoms with van der Waals surface area (Å²) >= 11 is 0. The summed E-state index contributed by atoms with van der Waals surface area (Å²) in [6.07, 6.45) is -2.94. The van der Waals surface area contributed by atoms with Crippen LogP contribution in [-0.4, -0.2) is 25.2 Å². The Morgan fingerprint density at radius 3 is 2.50 bits per heavy atom. The molecule has 0 saturated heterocycles. The zero-order valence-corrected chi connectivity index (χ0v) is 18.0. The van der Waals surface area contributed by atoms with Crippen molar-refractivity contribution in [3.05, 3.63) is 35.3 Å². The standard InChI is InChI=1S/C19H23F4N3O.HI/c1-11-15-9-13(20)5-8-16(15)27-17(11)10-25-18(24-2)26-14-6-3-12(4-7-14)19(21,22)23;/h5,8-9,12,14H,3-4,6-7,10H2,1-2H3,(H2,24,25,26);1H. The largest absolute Gasteiger partial charge is 0.459 e. The first-order valence-corrected chi connectivity index (χ1v) is 8.99. The molecular weight excluding hydrogens is 489 g/mol. The van der Waals surface area contributed by atoms with Gasteiger partial charge in [0.15, 0.2) is 5.96 Å². The number of hydrogen-bond donors (Lipinski definition) is 2. The lowest BCUT2D eigenvalue weighted by molar-refractivity contribution is -0.182. The Kier molecular flexibility index (Phi) is 7.58. The third-order valence-corrected chi connectivity index (χ3v) is 5.17. The van der Waals surface area contributed by atoms with Gasteiger partial charge in [0.05, 0.1) is 12.5 Å². The minimum absolute atomic E-state index is 0. The number of guanidine groups is 1. The van der Waals surface area contributed by atoms with Gasteiger partial charge in [-0.2, -0.15) is 13.2 Å². The molecule has 4 nitrogen and oxygen atoms in total. The number of furan rings is 1. The second-order valence-electron chi connectivity index (χ2n) is 6.95. The molecule has 0 spiro atoms. The first-order valence-electron chi connectivity index (χ1n) is 8.99. The highest BCUT2D eigenvalue weighted by Crippen LogP contribution is 2.37. The molecule has 1 aliphatic rings. The van der Waals surface area contributed by atoms with Crippen molar-refractivity contribution in [3.63, 3.8) is 0 Å². The minimum Gasteiger partial charge on any atom is -0.459 e. The van der Waals surface area contributed by atoms with Crippen molar-refractivity contribution in [3.8, 4) is 0 Å². The second-order valence-corrected chi connectivity index (χ2v) is 6.95. The van der Waals surface area contributed by atoms with Crippen LogP contribution in [0.4, 0.5) is 17.6 Å². The van der Waals surface area contributed by atoms with E-state index in [4.69, 9.17) is 4.42 Å². The molecule has 1 saturated carbocycles. The van der Waals surface area contributed by atoms with Crippen molar-refractivity contribution in [1.82, 2.24) is 10.6 Å². The van der Waals surface area contributed by atoms with Crippen molar-refractivity contribution in [1.29, 1.82) is 0 Å². The summed E-state index contributed by atoms with van der Waals surface area (Å²) in [6, 6.07) is 4.33. The van der Waals surface area contributed by atoms with E-state index in [-0.39, 0.29) is 48.7 Å². The van der Waals surface area contributed by atoms with Crippen molar-refractivity contribution < 1.29 is 22.0 Å². The second kappa shape index (κ2) is 9.32. The fourth-order valence-corrected chi connectivity index (χ4v) is 3.53. The zero-order valence-electron chi connectivity index (χ0n) is 15.7. The number of aliphatic imine (C=N–C) groups is 1. The van der Waals surface area contributed by atoms with Crippen LogP contribution in [0.15, 0.2) is 27.6 Å². The van der Waals surface area contributed by atoms with Gasteiger partial charge in [0.1, 0.15) is 17.2 Å². The lowest BCUT2D eigenvalue weighted by Gasteiger charge is -2.31. The van der Waals surface area contributed by atoms with Gasteiger partial charge in [0, 0.05) is 24.0 Å². The molecule has 1 aromatic heterocycles. The van der Waals surface area contributed by atoms with Crippen LogP contribution in [-0.2, 0) is 6.54 Å². The molecule has 0 aliphatic heterocycles. The number of hydrogen-bond acceptors (Lipinski definition) is 2. The molecule has 0 amide bonds. The molecule has 2 aromatic rings. The molecule has 2 N–H and O–H groups in total. The summed E-state index contributed by atoms with van der Waals surface area (Å²) in [4.78, 5) is 4.13. The molecule has 0 atom stereocenters. The van der Waals surface area contributed by atoms with Gasteiger partial charge in [-0.05, 0) is 50.8 Å². The quantitative estimate of drug-likeness (QED) is 0.254. The maximum absolute atomic E-state index is 13.4. The lowest BCUT2D eigenvalue weighted by atomic mass is 9.85.